The lowest BCUT2D eigenvalue weighted by atomic mass is 9.85. The second-order valence-electron chi connectivity index (χ2n) is 11.6. The highest BCUT2D eigenvalue weighted by Gasteiger charge is 2.25. The Labute approximate surface area is 238 Å². The van der Waals surface area contributed by atoms with E-state index in [1.54, 1.807) is 12.1 Å². The van der Waals surface area contributed by atoms with Crippen LogP contribution in [0.3, 0.4) is 0 Å². The molecule has 0 saturated heterocycles. The van der Waals surface area contributed by atoms with Crippen LogP contribution in [0.25, 0.3) is 11.1 Å². The molecule has 0 aliphatic carbocycles. The number of hydrogen-bond acceptors (Lipinski definition) is 6. The molecule has 0 aliphatic heterocycles. The van der Waals surface area contributed by atoms with Crippen LogP contribution in [0.4, 0.5) is 4.79 Å². The van der Waals surface area contributed by atoms with E-state index in [0.717, 1.165) is 45.6 Å². The third-order valence-corrected chi connectivity index (χ3v) is 6.47. The monoisotopic (exact) mass is 545 g/mol. The molecule has 0 aliphatic rings. The van der Waals surface area contributed by atoms with E-state index in [-0.39, 0.29) is 25.0 Å². The van der Waals surface area contributed by atoms with Crippen LogP contribution in [0.5, 0.6) is 0 Å². The van der Waals surface area contributed by atoms with Crippen molar-refractivity contribution in [3.63, 3.8) is 0 Å². The minimum atomic E-state index is -0.612. The fourth-order valence-corrected chi connectivity index (χ4v) is 4.72. The van der Waals surface area contributed by atoms with Crippen molar-refractivity contribution < 1.29 is 19.1 Å². The van der Waals surface area contributed by atoms with Crippen LogP contribution < -0.4 is 11.1 Å². The van der Waals surface area contributed by atoms with Gasteiger partial charge in [-0.05, 0) is 74.4 Å². The molecule has 0 fully saturated rings. The second kappa shape index (κ2) is 13.6. The van der Waals surface area contributed by atoms with Crippen molar-refractivity contribution in [3.05, 3.63) is 88.2 Å². The molecule has 3 N–H and O–H groups in total. The van der Waals surface area contributed by atoms with E-state index >= 15 is 0 Å². The van der Waals surface area contributed by atoms with Crippen LogP contribution in [-0.2, 0) is 29.0 Å². The van der Waals surface area contributed by atoms with Crippen LogP contribution in [-0.4, -0.2) is 29.3 Å². The molecule has 1 unspecified atom stereocenters. The lowest BCUT2D eigenvalue weighted by molar-refractivity contribution is 0.0481. The smallest absolute Gasteiger partial charge is 0.407 e. The first kappa shape index (κ1) is 30.8. The summed E-state index contributed by atoms with van der Waals surface area (Å²) in [7, 11) is 0. The zero-order valence-corrected chi connectivity index (χ0v) is 24.8. The molecular weight excluding hydrogens is 502 g/mol. The van der Waals surface area contributed by atoms with Gasteiger partial charge in [-0.2, -0.15) is 0 Å². The Morgan fingerprint density at radius 3 is 2.23 bits per heavy atom. The van der Waals surface area contributed by atoms with E-state index in [4.69, 9.17) is 20.2 Å². The summed E-state index contributed by atoms with van der Waals surface area (Å²) in [5, 5.41) is 2.95. The number of carbonyl (C=O) groups is 2. The zero-order chi connectivity index (χ0) is 29.4. The van der Waals surface area contributed by atoms with Gasteiger partial charge >= 0.3 is 12.1 Å². The van der Waals surface area contributed by atoms with Crippen molar-refractivity contribution in [3.8, 4) is 11.1 Å². The van der Waals surface area contributed by atoms with E-state index < -0.39 is 11.7 Å². The van der Waals surface area contributed by atoms with Crippen molar-refractivity contribution in [1.29, 1.82) is 0 Å². The topological polar surface area (TPSA) is 104 Å². The molecule has 1 aromatic heterocycles. The summed E-state index contributed by atoms with van der Waals surface area (Å²) >= 11 is 0. The SMILES string of the molecule is Cc1nc(CC(C)C)c(CNC(=O)OC(C)(C)C)c(-c2ccc(CN)cc2)c1C(C)COC(=O)c1ccccc1. The highest BCUT2D eigenvalue weighted by molar-refractivity contribution is 5.89. The number of alkyl carbamates (subject to hydrolysis) is 1. The quantitative estimate of drug-likeness (QED) is 0.275. The summed E-state index contributed by atoms with van der Waals surface area (Å²) in [4.78, 5) is 30.4. The lowest BCUT2D eigenvalue weighted by Gasteiger charge is -2.26. The van der Waals surface area contributed by atoms with Gasteiger partial charge in [-0.1, -0.05) is 63.2 Å². The normalized spacial score (nSPS) is 12.2. The Balaban J connectivity index is 2.09. The van der Waals surface area contributed by atoms with E-state index in [1.165, 1.54) is 0 Å². The van der Waals surface area contributed by atoms with Crippen LogP contribution >= 0.6 is 0 Å². The molecular formula is C33H43N3O4. The largest absolute Gasteiger partial charge is 0.461 e. The first-order chi connectivity index (χ1) is 18.9. The number of pyridine rings is 1. The van der Waals surface area contributed by atoms with Gasteiger partial charge in [0.15, 0.2) is 0 Å². The van der Waals surface area contributed by atoms with E-state index in [0.29, 0.717) is 18.0 Å². The van der Waals surface area contributed by atoms with Crippen molar-refractivity contribution in [2.75, 3.05) is 6.61 Å². The first-order valence-corrected chi connectivity index (χ1v) is 13.9. The Bertz CT molecular complexity index is 1300. The van der Waals surface area contributed by atoms with Gasteiger partial charge in [-0.15, -0.1) is 0 Å². The van der Waals surface area contributed by atoms with Crippen molar-refractivity contribution >= 4 is 12.1 Å². The fourth-order valence-electron chi connectivity index (χ4n) is 4.72. The average Bonchev–Trinajstić information content (AvgIpc) is 2.90. The number of benzene rings is 2. The fraction of sp³-hybridized carbons (Fsp3) is 0.424. The predicted molar refractivity (Wildman–Crippen MR) is 159 cm³/mol. The minimum absolute atomic E-state index is 0.155. The van der Waals surface area contributed by atoms with Gasteiger partial charge in [0.25, 0.3) is 0 Å². The summed E-state index contributed by atoms with van der Waals surface area (Å²) < 4.78 is 11.3. The molecule has 1 atom stereocenters. The number of amides is 1. The molecule has 0 saturated carbocycles. The van der Waals surface area contributed by atoms with Crippen LogP contribution in [0.1, 0.15) is 85.9 Å². The Morgan fingerprint density at radius 1 is 1.00 bits per heavy atom. The van der Waals surface area contributed by atoms with E-state index in [1.807, 2.05) is 65.0 Å². The number of hydrogen-bond donors (Lipinski definition) is 2. The van der Waals surface area contributed by atoms with Crippen molar-refractivity contribution in [2.45, 2.75) is 79.5 Å². The highest BCUT2D eigenvalue weighted by Crippen LogP contribution is 2.37. The summed E-state index contributed by atoms with van der Waals surface area (Å²) in [5.74, 6) is -0.164. The minimum Gasteiger partial charge on any atom is -0.461 e. The first-order valence-electron chi connectivity index (χ1n) is 13.9. The lowest BCUT2D eigenvalue weighted by Crippen LogP contribution is -2.32. The number of aryl methyl sites for hydroxylation is 1. The molecule has 0 radical (unpaired) electrons. The third-order valence-electron chi connectivity index (χ3n) is 6.47. The molecule has 3 rings (SSSR count). The Hall–Kier alpha value is -3.71. The molecule has 1 amide bonds. The van der Waals surface area contributed by atoms with Gasteiger partial charge in [0, 0.05) is 36.0 Å². The van der Waals surface area contributed by atoms with Crippen LogP contribution in [0, 0.1) is 12.8 Å². The number of rotatable bonds is 10. The number of aromatic nitrogens is 1. The van der Waals surface area contributed by atoms with Gasteiger partial charge in [0.2, 0.25) is 0 Å². The summed E-state index contributed by atoms with van der Waals surface area (Å²) in [6.45, 7) is 14.7. The number of nitrogens with two attached hydrogens (primary N) is 1. The van der Waals surface area contributed by atoms with Crippen molar-refractivity contribution in [1.82, 2.24) is 10.3 Å². The number of esters is 1. The molecule has 40 heavy (non-hydrogen) atoms. The van der Waals surface area contributed by atoms with Gasteiger partial charge in [-0.3, -0.25) is 4.98 Å². The molecule has 2 aromatic carbocycles. The van der Waals surface area contributed by atoms with Crippen LogP contribution in [0.2, 0.25) is 0 Å². The molecule has 7 nitrogen and oxygen atoms in total. The molecule has 0 spiro atoms. The maximum absolute atomic E-state index is 12.7. The summed E-state index contributed by atoms with van der Waals surface area (Å²) in [6, 6.07) is 17.1. The molecule has 0 bridgehead atoms. The summed E-state index contributed by atoms with van der Waals surface area (Å²) in [5.41, 5.74) is 12.5. The highest BCUT2D eigenvalue weighted by atomic mass is 16.6. The van der Waals surface area contributed by atoms with Gasteiger partial charge in [0.1, 0.15) is 5.60 Å². The number of carbonyl (C=O) groups excluding carboxylic acids is 2. The number of nitrogens with one attached hydrogen (secondary N) is 1. The predicted octanol–water partition coefficient (Wildman–Crippen LogP) is 6.70. The van der Waals surface area contributed by atoms with Crippen molar-refractivity contribution in [2.24, 2.45) is 11.7 Å². The number of nitrogens with zero attached hydrogens (tertiary/aromatic N) is 1. The van der Waals surface area contributed by atoms with Gasteiger partial charge in [0.05, 0.1) is 12.2 Å². The maximum Gasteiger partial charge on any atom is 0.407 e. The van der Waals surface area contributed by atoms with Gasteiger partial charge < -0.3 is 20.5 Å². The molecule has 3 aromatic rings. The molecule has 1 heterocycles. The molecule has 214 valence electrons. The zero-order valence-electron chi connectivity index (χ0n) is 24.8. The Morgan fingerprint density at radius 2 is 1.65 bits per heavy atom. The maximum atomic E-state index is 12.7. The van der Waals surface area contributed by atoms with E-state index in [2.05, 4.69) is 31.3 Å². The van der Waals surface area contributed by atoms with Crippen LogP contribution in [0.15, 0.2) is 54.6 Å². The Kier molecular flexibility index (Phi) is 10.5. The summed E-state index contributed by atoms with van der Waals surface area (Å²) in [6.07, 6.45) is 0.261. The van der Waals surface area contributed by atoms with E-state index in [9.17, 15) is 9.59 Å². The number of ether oxygens (including phenoxy) is 2. The average molecular weight is 546 g/mol. The third kappa shape index (κ3) is 8.39. The second-order valence-corrected chi connectivity index (χ2v) is 11.6. The standard InChI is InChI=1S/C33H43N3O4/c1-21(2)17-28-27(19-35-32(38)40-33(5,6)7)30(25-15-13-24(18-34)14-16-25)29(23(4)36-28)22(3)20-39-31(37)26-11-9-8-10-12-26/h8-16,21-22H,17-20,34H2,1-7H3,(H,35,38). The molecule has 7 heteroatoms. The van der Waals surface area contributed by atoms with Gasteiger partial charge in [-0.25, -0.2) is 9.59 Å².